The average molecular weight is 275 g/mol. The van der Waals surface area contributed by atoms with Gasteiger partial charge < -0.3 is 4.74 Å². The number of esters is 1. The third-order valence-electron chi connectivity index (χ3n) is 2.40. The van der Waals surface area contributed by atoms with Gasteiger partial charge in [0.25, 0.3) is 0 Å². The van der Waals surface area contributed by atoms with Crippen LogP contribution >= 0.6 is 0 Å². The second-order valence-corrected chi connectivity index (χ2v) is 4.19. The number of hydrogen-bond donors (Lipinski definition) is 0. The van der Waals surface area contributed by atoms with Gasteiger partial charge in [-0.2, -0.15) is 8.42 Å². The SMILES string of the molecule is C=CC(=O)Oc1c(N=S(=O)=O)ccc2ccccc12. The molecule has 6 heteroatoms. The Balaban J connectivity index is 2.74. The van der Waals surface area contributed by atoms with E-state index in [1.165, 1.54) is 6.07 Å². The van der Waals surface area contributed by atoms with Gasteiger partial charge in [0.1, 0.15) is 5.69 Å². The van der Waals surface area contributed by atoms with E-state index in [1.54, 1.807) is 18.2 Å². The maximum Gasteiger partial charge on any atom is 0.335 e. The minimum atomic E-state index is -2.63. The lowest BCUT2D eigenvalue weighted by Crippen LogP contribution is -2.03. The van der Waals surface area contributed by atoms with E-state index >= 15 is 0 Å². The monoisotopic (exact) mass is 275 g/mol. The highest BCUT2D eigenvalue weighted by Gasteiger charge is 2.11. The summed E-state index contributed by atoms with van der Waals surface area (Å²) in [4.78, 5) is 11.3. The number of carbonyl (C=O) groups is 1. The fraction of sp³-hybridized carbons (Fsp3) is 0. The molecule has 0 spiro atoms. The van der Waals surface area contributed by atoms with E-state index in [2.05, 4.69) is 10.9 Å². The van der Waals surface area contributed by atoms with Crippen LogP contribution in [0.4, 0.5) is 5.69 Å². The molecule has 0 radical (unpaired) electrons. The first-order chi connectivity index (χ1) is 9.11. The van der Waals surface area contributed by atoms with Crippen molar-refractivity contribution in [2.75, 3.05) is 0 Å². The number of benzene rings is 2. The van der Waals surface area contributed by atoms with Gasteiger partial charge in [-0.3, -0.25) is 0 Å². The predicted octanol–water partition coefficient (Wildman–Crippen LogP) is 2.63. The van der Waals surface area contributed by atoms with E-state index in [4.69, 9.17) is 4.74 Å². The van der Waals surface area contributed by atoms with Crippen LogP contribution in [0.3, 0.4) is 0 Å². The summed E-state index contributed by atoms with van der Waals surface area (Å²) in [5.41, 5.74) is 0.0715. The molecule has 0 unspecified atom stereocenters. The molecule has 0 saturated carbocycles. The van der Waals surface area contributed by atoms with Gasteiger partial charge >= 0.3 is 16.5 Å². The molecular formula is C13H9NO4S. The van der Waals surface area contributed by atoms with Gasteiger partial charge in [0.15, 0.2) is 5.75 Å². The lowest BCUT2D eigenvalue weighted by atomic mass is 10.1. The number of ether oxygens (including phenoxy) is 1. The van der Waals surface area contributed by atoms with Gasteiger partial charge in [0, 0.05) is 11.5 Å². The maximum absolute atomic E-state index is 11.3. The van der Waals surface area contributed by atoms with Crippen LogP contribution in [0.1, 0.15) is 0 Å². The molecule has 0 N–H and O–H groups in total. The van der Waals surface area contributed by atoms with Crippen LogP contribution in [0.25, 0.3) is 10.8 Å². The van der Waals surface area contributed by atoms with E-state index in [9.17, 15) is 13.2 Å². The Labute approximate surface area is 110 Å². The van der Waals surface area contributed by atoms with Crippen molar-refractivity contribution < 1.29 is 17.9 Å². The molecule has 0 aliphatic rings. The molecule has 2 aromatic carbocycles. The van der Waals surface area contributed by atoms with Crippen LogP contribution < -0.4 is 4.74 Å². The van der Waals surface area contributed by atoms with Crippen molar-refractivity contribution >= 4 is 32.9 Å². The van der Waals surface area contributed by atoms with Crippen LogP contribution in [0, 0.1) is 0 Å². The third-order valence-corrected chi connectivity index (χ3v) is 2.75. The number of rotatable bonds is 3. The normalized spacial score (nSPS) is 9.89. The third kappa shape index (κ3) is 2.86. The highest BCUT2D eigenvalue weighted by Crippen LogP contribution is 2.35. The Kier molecular flexibility index (Phi) is 3.72. The van der Waals surface area contributed by atoms with Crippen molar-refractivity contribution in [3.05, 3.63) is 49.1 Å². The van der Waals surface area contributed by atoms with E-state index < -0.39 is 16.5 Å². The average Bonchev–Trinajstić information content (AvgIpc) is 2.40. The zero-order valence-electron chi connectivity index (χ0n) is 9.74. The topological polar surface area (TPSA) is 72.8 Å². The fourth-order valence-electron chi connectivity index (χ4n) is 1.63. The van der Waals surface area contributed by atoms with Crippen LogP contribution in [0.5, 0.6) is 5.75 Å². The zero-order chi connectivity index (χ0) is 13.8. The minimum absolute atomic E-state index is 0.0715. The maximum atomic E-state index is 11.3. The van der Waals surface area contributed by atoms with E-state index in [-0.39, 0.29) is 11.4 Å². The molecule has 0 atom stereocenters. The van der Waals surface area contributed by atoms with Crippen molar-refractivity contribution in [2.45, 2.75) is 0 Å². The van der Waals surface area contributed by atoms with E-state index in [0.29, 0.717) is 5.39 Å². The molecule has 0 aliphatic heterocycles. The molecule has 0 heterocycles. The van der Waals surface area contributed by atoms with Gasteiger partial charge in [-0.05, 0) is 11.5 Å². The van der Waals surface area contributed by atoms with Crippen LogP contribution in [0.15, 0.2) is 53.4 Å². The number of fused-ring (bicyclic) bond motifs is 1. The van der Waals surface area contributed by atoms with Gasteiger partial charge in [-0.1, -0.05) is 36.9 Å². The Morgan fingerprint density at radius 3 is 2.63 bits per heavy atom. The molecule has 96 valence electrons. The highest BCUT2D eigenvalue weighted by molar-refractivity contribution is 7.61. The first-order valence-corrected chi connectivity index (χ1v) is 6.32. The standard InChI is InChI=1S/C13H9NO4S/c1-2-12(15)18-13-10-6-4-3-5-9(10)7-8-11(13)14-19(16)17/h2-8H,1H2. The molecular weight excluding hydrogens is 266 g/mol. The van der Waals surface area contributed by atoms with E-state index in [0.717, 1.165) is 11.5 Å². The highest BCUT2D eigenvalue weighted by atomic mass is 32.2. The minimum Gasteiger partial charge on any atom is -0.420 e. The number of nitrogens with zero attached hydrogens (tertiary/aromatic N) is 1. The van der Waals surface area contributed by atoms with Gasteiger partial charge in [-0.25, -0.2) is 4.79 Å². The van der Waals surface area contributed by atoms with Crippen LogP contribution in [0.2, 0.25) is 0 Å². The first-order valence-electron chi connectivity index (χ1n) is 5.29. The molecule has 2 aromatic rings. The molecule has 19 heavy (non-hydrogen) atoms. The van der Waals surface area contributed by atoms with Gasteiger partial charge in [0.05, 0.1) is 0 Å². The van der Waals surface area contributed by atoms with Gasteiger partial charge in [0.2, 0.25) is 0 Å². The molecule has 0 amide bonds. The molecule has 0 saturated heterocycles. The quantitative estimate of drug-likeness (QED) is 0.490. The van der Waals surface area contributed by atoms with Crippen LogP contribution in [-0.2, 0) is 15.3 Å². The summed E-state index contributed by atoms with van der Waals surface area (Å²) in [7, 11) is -2.63. The lowest BCUT2D eigenvalue weighted by Gasteiger charge is -2.08. The Morgan fingerprint density at radius 2 is 1.95 bits per heavy atom. The summed E-state index contributed by atoms with van der Waals surface area (Å²) in [5, 5.41) is 1.41. The smallest absolute Gasteiger partial charge is 0.335 e. The molecule has 0 bridgehead atoms. The molecule has 0 aliphatic carbocycles. The summed E-state index contributed by atoms with van der Waals surface area (Å²) in [6, 6.07) is 10.3. The molecule has 0 aromatic heterocycles. The Hall–Kier alpha value is -2.47. The molecule has 5 nitrogen and oxygen atoms in total. The molecule has 2 rings (SSSR count). The van der Waals surface area contributed by atoms with Gasteiger partial charge in [-0.15, -0.1) is 4.36 Å². The first kappa shape index (κ1) is 13.0. The van der Waals surface area contributed by atoms with Crippen molar-refractivity contribution in [1.82, 2.24) is 0 Å². The number of hydrogen-bond acceptors (Lipinski definition) is 5. The van der Waals surface area contributed by atoms with Crippen LogP contribution in [-0.4, -0.2) is 14.4 Å². The lowest BCUT2D eigenvalue weighted by molar-refractivity contribution is -0.128. The predicted molar refractivity (Wildman–Crippen MR) is 70.8 cm³/mol. The van der Waals surface area contributed by atoms with Crippen molar-refractivity contribution in [3.8, 4) is 5.75 Å². The van der Waals surface area contributed by atoms with E-state index in [1.807, 2.05) is 12.1 Å². The van der Waals surface area contributed by atoms with Crippen molar-refractivity contribution in [2.24, 2.45) is 4.36 Å². The summed E-state index contributed by atoms with van der Waals surface area (Å²) in [5.74, 6) is -0.573. The Bertz CT molecular complexity index is 785. The summed E-state index contributed by atoms with van der Waals surface area (Å²) in [6.07, 6.45) is 1.000. The summed E-state index contributed by atoms with van der Waals surface area (Å²) >= 11 is 0. The molecule has 0 fully saturated rings. The van der Waals surface area contributed by atoms with Crippen molar-refractivity contribution in [1.29, 1.82) is 0 Å². The largest absolute Gasteiger partial charge is 0.420 e. The second-order valence-electron chi connectivity index (χ2n) is 3.57. The zero-order valence-corrected chi connectivity index (χ0v) is 10.6. The second kappa shape index (κ2) is 5.45. The summed E-state index contributed by atoms with van der Waals surface area (Å²) in [6.45, 7) is 3.30. The number of carbonyl (C=O) groups excluding carboxylic acids is 1. The van der Waals surface area contributed by atoms with Crippen molar-refractivity contribution in [3.63, 3.8) is 0 Å². The summed E-state index contributed by atoms with van der Waals surface area (Å²) < 4.78 is 29.9. The Morgan fingerprint density at radius 1 is 1.21 bits per heavy atom. The fourth-order valence-corrected chi connectivity index (χ4v) is 1.94.